The van der Waals surface area contributed by atoms with Gasteiger partial charge in [0, 0.05) is 14.9 Å². The van der Waals surface area contributed by atoms with Gasteiger partial charge in [0.15, 0.2) is 5.78 Å². The van der Waals surface area contributed by atoms with Crippen molar-refractivity contribution in [2.75, 3.05) is 0 Å². The van der Waals surface area contributed by atoms with Crippen LogP contribution in [-0.2, 0) is 6.18 Å². The average Bonchev–Trinajstić information content (AvgIpc) is 2.92. The molecule has 1 heterocycles. The smallest absolute Gasteiger partial charge is 0.292 e. The monoisotopic (exact) mass is 373 g/mol. The van der Waals surface area contributed by atoms with E-state index >= 15 is 0 Å². The third-order valence-electron chi connectivity index (χ3n) is 2.78. The second kappa shape index (κ2) is 6.00. The van der Waals surface area contributed by atoms with E-state index in [1.165, 1.54) is 17.4 Å². The number of hydrogen-bond donors (Lipinski definition) is 0. The first kappa shape index (κ1) is 15.7. The van der Waals surface area contributed by atoms with Crippen LogP contribution in [0.3, 0.4) is 0 Å². The lowest BCUT2D eigenvalue weighted by Gasteiger charge is -2.12. The lowest BCUT2D eigenvalue weighted by molar-refractivity contribution is -0.137. The van der Waals surface area contributed by atoms with Crippen molar-refractivity contribution in [3.05, 3.63) is 56.2 Å². The van der Waals surface area contributed by atoms with Crippen LogP contribution in [0.15, 0.2) is 40.2 Å². The summed E-state index contributed by atoms with van der Waals surface area (Å²) in [5.41, 5.74) is -1.07. The minimum absolute atomic E-state index is 0.148. The number of halogens is 4. The van der Waals surface area contributed by atoms with Crippen LogP contribution >= 0.6 is 27.3 Å². The molecule has 21 heavy (non-hydrogen) atoms. The summed E-state index contributed by atoms with van der Waals surface area (Å²) in [6.07, 6.45) is -4.54. The Morgan fingerprint density at radius 3 is 2.57 bits per heavy atom. The topological polar surface area (TPSA) is 40.9 Å². The number of carbonyl (C=O) groups excluding carboxylic acids is 1. The van der Waals surface area contributed by atoms with Crippen LogP contribution in [0.2, 0.25) is 0 Å². The summed E-state index contributed by atoms with van der Waals surface area (Å²) in [5.74, 6) is -1.76. The third-order valence-corrected chi connectivity index (χ3v) is 4.41. The van der Waals surface area contributed by atoms with E-state index in [1.54, 1.807) is 17.5 Å². The molecule has 2 nitrogen and oxygen atoms in total. The van der Waals surface area contributed by atoms with Gasteiger partial charge in [0.25, 0.3) is 0 Å². The summed E-state index contributed by atoms with van der Waals surface area (Å²) < 4.78 is 38.4. The highest BCUT2D eigenvalue weighted by Crippen LogP contribution is 2.34. The van der Waals surface area contributed by atoms with Crippen molar-refractivity contribution in [2.24, 2.45) is 0 Å². The van der Waals surface area contributed by atoms with Crippen LogP contribution in [0.1, 0.15) is 26.7 Å². The molecule has 0 aliphatic rings. The number of alkyl halides is 3. The molecular weight excluding hydrogens is 367 g/mol. The molecule has 0 amide bonds. The summed E-state index contributed by atoms with van der Waals surface area (Å²) in [6, 6.07) is 7.95. The summed E-state index contributed by atoms with van der Waals surface area (Å²) in [4.78, 5) is 12.9. The van der Waals surface area contributed by atoms with Crippen molar-refractivity contribution in [3.8, 4) is 6.07 Å². The molecule has 1 atom stereocenters. The largest absolute Gasteiger partial charge is 0.416 e. The van der Waals surface area contributed by atoms with Gasteiger partial charge in [-0.2, -0.15) is 18.4 Å². The van der Waals surface area contributed by atoms with Gasteiger partial charge in [-0.1, -0.05) is 22.0 Å². The highest BCUT2D eigenvalue weighted by atomic mass is 79.9. The molecule has 1 aromatic carbocycles. The highest BCUT2D eigenvalue weighted by molar-refractivity contribution is 9.10. The van der Waals surface area contributed by atoms with Crippen LogP contribution in [-0.4, -0.2) is 5.78 Å². The van der Waals surface area contributed by atoms with E-state index in [1.807, 2.05) is 6.07 Å². The number of rotatable bonds is 3. The molecule has 0 saturated carbocycles. The molecule has 2 aromatic rings. The van der Waals surface area contributed by atoms with Crippen molar-refractivity contribution in [1.82, 2.24) is 0 Å². The van der Waals surface area contributed by atoms with Crippen LogP contribution in [0.4, 0.5) is 13.2 Å². The van der Waals surface area contributed by atoms with E-state index in [4.69, 9.17) is 5.26 Å². The van der Waals surface area contributed by atoms with Gasteiger partial charge < -0.3 is 0 Å². The number of nitrogens with zero attached hydrogens (tertiary/aromatic N) is 1. The zero-order valence-corrected chi connectivity index (χ0v) is 12.7. The number of Topliss-reactive ketones (excluding diaryl/α,β-unsaturated/α-hetero) is 1. The number of thiophene rings is 1. The number of nitriles is 1. The molecule has 0 aliphatic carbocycles. The zero-order chi connectivity index (χ0) is 15.6. The highest BCUT2D eigenvalue weighted by Gasteiger charge is 2.33. The Morgan fingerprint density at radius 2 is 2.05 bits per heavy atom. The molecule has 0 spiro atoms. The van der Waals surface area contributed by atoms with E-state index in [9.17, 15) is 18.0 Å². The van der Waals surface area contributed by atoms with Gasteiger partial charge in [0.1, 0.15) is 5.92 Å². The Hall–Kier alpha value is -1.65. The van der Waals surface area contributed by atoms with Crippen molar-refractivity contribution in [2.45, 2.75) is 12.1 Å². The predicted molar refractivity (Wildman–Crippen MR) is 76.1 cm³/mol. The van der Waals surface area contributed by atoms with Crippen molar-refractivity contribution in [1.29, 1.82) is 5.26 Å². The molecule has 1 aromatic heterocycles. The fourth-order valence-electron chi connectivity index (χ4n) is 1.75. The minimum Gasteiger partial charge on any atom is -0.292 e. The van der Waals surface area contributed by atoms with E-state index in [0.29, 0.717) is 4.88 Å². The maximum absolute atomic E-state index is 12.7. The first-order valence-corrected chi connectivity index (χ1v) is 7.36. The predicted octanol–water partition coefficient (Wildman–Crippen LogP) is 5.02. The maximum atomic E-state index is 12.7. The summed E-state index contributed by atoms with van der Waals surface area (Å²) in [7, 11) is 0. The van der Waals surface area contributed by atoms with E-state index in [-0.39, 0.29) is 10.0 Å². The summed E-state index contributed by atoms with van der Waals surface area (Å²) in [5, 5.41) is 10.9. The van der Waals surface area contributed by atoms with Crippen LogP contribution in [0.25, 0.3) is 0 Å². The van der Waals surface area contributed by atoms with E-state index < -0.39 is 23.4 Å². The second-order valence-corrected chi connectivity index (χ2v) is 5.97. The Balaban J connectivity index is 2.46. The van der Waals surface area contributed by atoms with Crippen molar-refractivity contribution < 1.29 is 18.0 Å². The molecular formula is C14H7BrF3NOS. The molecule has 0 radical (unpaired) electrons. The minimum atomic E-state index is -4.54. The normalized spacial score (nSPS) is 12.7. The van der Waals surface area contributed by atoms with Gasteiger partial charge in [-0.05, 0) is 29.6 Å². The Morgan fingerprint density at radius 1 is 1.33 bits per heavy atom. The lowest BCUT2D eigenvalue weighted by atomic mass is 9.96. The van der Waals surface area contributed by atoms with Crippen LogP contribution in [0, 0.1) is 11.3 Å². The molecule has 1 unspecified atom stereocenters. The number of hydrogen-bond acceptors (Lipinski definition) is 3. The molecule has 108 valence electrons. The number of carbonyl (C=O) groups is 1. The van der Waals surface area contributed by atoms with Gasteiger partial charge in [-0.15, -0.1) is 11.3 Å². The first-order valence-electron chi connectivity index (χ1n) is 5.68. The van der Waals surface area contributed by atoms with Gasteiger partial charge in [0.05, 0.1) is 11.6 Å². The third kappa shape index (κ3) is 3.34. The second-order valence-electron chi connectivity index (χ2n) is 4.13. The van der Waals surface area contributed by atoms with Gasteiger partial charge >= 0.3 is 6.18 Å². The summed E-state index contributed by atoms with van der Waals surface area (Å²) >= 11 is 4.28. The average molecular weight is 374 g/mol. The van der Waals surface area contributed by atoms with Crippen LogP contribution < -0.4 is 0 Å². The fraction of sp³-hybridized carbons (Fsp3) is 0.143. The molecule has 2 rings (SSSR count). The first-order chi connectivity index (χ1) is 9.84. The molecule has 0 saturated heterocycles. The Kier molecular flexibility index (Phi) is 4.49. The lowest BCUT2D eigenvalue weighted by Crippen LogP contribution is -2.13. The van der Waals surface area contributed by atoms with Gasteiger partial charge in [0.2, 0.25) is 0 Å². The maximum Gasteiger partial charge on any atom is 0.416 e. The van der Waals surface area contributed by atoms with Gasteiger partial charge in [-0.3, -0.25) is 4.79 Å². The summed E-state index contributed by atoms with van der Waals surface area (Å²) in [6.45, 7) is 0. The van der Waals surface area contributed by atoms with Crippen molar-refractivity contribution >= 4 is 33.0 Å². The van der Waals surface area contributed by atoms with Gasteiger partial charge in [-0.25, -0.2) is 0 Å². The molecule has 0 N–H and O–H groups in total. The standard InChI is InChI=1S/C14H7BrF3NOS/c15-11-4-3-8(14(16,17)18)6-9(11)13(20)10(7-19)12-2-1-5-21-12/h1-6,10H. The fourth-order valence-corrected chi connectivity index (χ4v) is 2.96. The molecule has 7 heteroatoms. The number of benzene rings is 1. The van der Waals surface area contributed by atoms with Crippen LogP contribution in [0.5, 0.6) is 0 Å². The Labute approximate surface area is 131 Å². The molecule has 0 fully saturated rings. The van der Waals surface area contributed by atoms with E-state index in [2.05, 4.69) is 15.9 Å². The Bertz CT molecular complexity index is 704. The van der Waals surface area contributed by atoms with E-state index in [0.717, 1.165) is 12.1 Å². The van der Waals surface area contributed by atoms with Crippen molar-refractivity contribution in [3.63, 3.8) is 0 Å². The number of ketones is 1. The molecule has 0 bridgehead atoms. The zero-order valence-electron chi connectivity index (χ0n) is 10.3. The SMILES string of the molecule is N#CC(C(=O)c1cc(C(F)(F)F)ccc1Br)c1cccs1. The quantitative estimate of drug-likeness (QED) is 0.708. The molecule has 0 aliphatic heterocycles.